The molecule has 0 bridgehead atoms. The number of rotatable bonds is 5. The number of thioether (sulfide) groups is 1. The molecule has 0 saturated carbocycles. The summed E-state index contributed by atoms with van der Waals surface area (Å²) in [6.45, 7) is 6.46. The summed E-state index contributed by atoms with van der Waals surface area (Å²) in [5, 5.41) is 3.43. The van der Waals surface area contributed by atoms with Crippen LogP contribution in [0, 0.1) is 0 Å². The monoisotopic (exact) mass is 359 g/mol. The molecule has 0 aromatic heterocycles. The minimum atomic E-state index is 0. The van der Waals surface area contributed by atoms with Gasteiger partial charge in [0.05, 0.1) is 6.61 Å². The quantitative estimate of drug-likeness (QED) is 0.783. The van der Waals surface area contributed by atoms with Crippen LogP contribution in [0.15, 0.2) is 0 Å². The topological polar surface area (TPSA) is 44.8 Å². The van der Waals surface area contributed by atoms with Crippen LogP contribution < -0.4 is 5.32 Å². The first-order chi connectivity index (χ1) is 9.29. The summed E-state index contributed by atoms with van der Waals surface area (Å²) in [7, 11) is 1.73. The van der Waals surface area contributed by atoms with Crippen LogP contribution in [0.3, 0.4) is 0 Å². The van der Waals surface area contributed by atoms with Crippen molar-refractivity contribution in [2.45, 2.75) is 12.5 Å². The van der Waals surface area contributed by atoms with Gasteiger partial charge in [0, 0.05) is 70.3 Å². The first-order valence-electron chi connectivity index (χ1n) is 7.10. The van der Waals surface area contributed by atoms with Gasteiger partial charge in [-0.2, -0.15) is 11.8 Å². The number of ether oxygens (including phenoxy) is 1. The molecule has 2 heterocycles. The molecule has 126 valence electrons. The van der Waals surface area contributed by atoms with Gasteiger partial charge >= 0.3 is 0 Å². The predicted octanol–water partition coefficient (Wildman–Crippen LogP) is 0.716. The molecule has 0 aromatic carbocycles. The average molecular weight is 360 g/mol. The fourth-order valence-electron chi connectivity index (χ4n) is 2.53. The number of nitrogens with one attached hydrogen (secondary N) is 1. The highest BCUT2D eigenvalue weighted by atomic mass is 35.5. The lowest BCUT2D eigenvalue weighted by Crippen LogP contribution is -2.51. The second kappa shape index (κ2) is 11.8. The highest BCUT2D eigenvalue weighted by Gasteiger charge is 2.24. The van der Waals surface area contributed by atoms with Gasteiger partial charge in [-0.3, -0.25) is 9.69 Å². The van der Waals surface area contributed by atoms with E-state index in [4.69, 9.17) is 4.74 Å². The summed E-state index contributed by atoms with van der Waals surface area (Å²) >= 11 is 1.95. The van der Waals surface area contributed by atoms with Gasteiger partial charge in [0.15, 0.2) is 0 Å². The number of amides is 1. The summed E-state index contributed by atoms with van der Waals surface area (Å²) in [5.74, 6) is 2.55. The van der Waals surface area contributed by atoms with Crippen molar-refractivity contribution in [1.29, 1.82) is 0 Å². The summed E-state index contributed by atoms with van der Waals surface area (Å²) < 4.78 is 5.09. The third kappa shape index (κ3) is 7.39. The molecule has 2 rings (SSSR count). The number of nitrogens with zero attached hydrogens (tertiary/aromatic N) is 2. The zero-order chi connectivity index (χ0) is 13.5. The number of piperazine rings is 1. The number of carbonyl (C=O) groups is 1. The number of hydrogen-bond acceptors (Lipinski definition) is 5. The molecule has 21 heavy (non-hydrogen) atoms. The number of halogens is 2. The van der Waals surface area contributed by atoms with Crippen LogP contribution in [0.1, 0.15) is 6.42 Å². The van der Waals surface area contributed by atoms with Gasteiger partial charge < -0.3 is 15.0 Å². The maximum atomic E-state index is 12.2. The van der Waals surface area contributed by atoms with E-state index in [0.717, 1.165) is 51.6 Å². The first-order valence-corrected chi connectivity index (χ1v) is 8.25. The summed E-state index contributed by atoms with van der Waals surface area (Å²) in [6.07, 6.45) is 0.658. The van der Waals surface area contributed by atoms with Crippen LogP contribution in [-0.2, 0) is 9.53 Å². The maximum Gasteiger partial charge on any atom is 0.224 e. The lowest BCUT2D eigenvalue weighted by atomic mass is 10.2. The normalized spacial score (nSPS) is 23.1. The Morgan fingerprint density at radius 2 is 2.00 bits per heavy atom. The zero-order valence-corrected chi connectivity index (χ0v) is 15.0. The van der Waals surface area contributed by atoms with Crippen molar-refractivity contribution < 1.29 is 9.53 Å². The number of methoxy groups -OCH3 is 1. The van der Waals surface area contributed by atoms with Gasteiger partial charge in [-0.15, -0.1) is 24.8 Å². The average Bonchev–Trinajstić information content (AvgIpc) is 2.46. The fourth-order valence-corrected chi connectivity index (χ4v) is 3.48. The molecular weight excluding hydrogens is 333 g/mol. The predicted molar refractivity (Wildman–Crippen MR) is 93.1 cm³/mol. The third-order valence-corrected chi connectivity index (χ3v) is 4.89. The van der Waals surface area contributed by atoms with Crippen LogP contribution in [0.25, 0.3) is 0 Å². The minimum Gasteiger partial charge on any atom is -0.383 e. The molecule has 2 aliphatic rings. The largest absolute Gasteiger partial charge is 0.383 e. The van der Waals surface area contributed by atoms with Crippen LogP contribution in [0.4, 0.5) is 0 Å². The van der Waals surface area contributed by atoms with Crippen LogP contribution in [-0.4, -0.2) is 86.2 Å². The Kier molecular flexibility index (Phi) is 12.0. The molecule has 8 heteroatoms. The first kappa shape index (κ1) is 21.3. The Bertz CT molecular complexity index is 287. The third-order valence-electron chi connectivity index (χ3n) is 3.76. The van der Waals surface area contributed by atoms with E-state index in [0.29, 0.717) is 18.4 Å². The Morgan fingerprint density at radius 3 is 2.57 bits per heavy atom. The van der Waals surface area contributed by atoms with Crippen molar-refractivity contribution >= 4 is 42.5 Å². The summed E-state index contributed by atoms with van der Waals surface area (Å²) in [4.78, 5) is 16.6. The lowest BCUT2D eigenvalue weighted by molar-refractivity contribution is -0.133. The molecule has 1 amide bonds. The SMILES string of the molecule is COCCN1CCN(C(=O)CC2CSCCN2)CC1.Cl.Cl. The van der Waals surface area contributed by atoms with E-state index in [9.17, 15) is 4.79 Å². The van der Waals surface area contributed by atoms with E-state index < -0.39 is 0 Å². The van der Waals surface area contributed by atoms with Gasteiger partial charge in [0.2, 0.25) is 5.91 Å². The van der Waals surface area contributed by atoms with E-state index >= 15 is 0 Å². The summed E-state index contributed by atoms with van der Waals surface area (Å²) in [5.41, 5.74) is 0. The standard InChI is InChI=1S/C13H25N3O2S.2ClH/c1-18-8-7-15-3-5-16(6-4-15)13(17)10-12-11-19-9-2-14-12;;/h12,14H,2-11H2,1H3;2*1H. The maximum absolute atomic E-state index is 12.2. The Balaban J connectivity index is 0.00000200. The van der Waals surface area contributed by atoms with Gasteiger partial charge in [0.1, 0.15) is 0 Å². The van der Waals surface area contributed by atoms with Crippen molar-refractivity contribution in [1.82, 2.24) is 15.1 Å². The van der Waals surface area contributed by atoms with Crippen molar-refractivity contribution in [2.24, 2.45) is 0 Å². The zero-order valence-electron chi connectivity index (χ0n) is 12.6. The Hall–Kier alpha value is 0.280. The van der Waals surface area contributed by atoms with Gasteiger partial charge in [-0.05, 0) is 0 Å². The molecule has 2 saturated heterocycles. The van der Waals surface area contributed by atoms with Crippen molar-refractivity contribution in [3.05, 3.63) is 0 Å². The minimum absolute atomic E-state index is 0. The van der Waals surface area contributed by atoms with Crippen LogP contribution in [0.2, 0.25) is 0 Å². The molecule has 2 aliphatic heterocycles. The van der Waals surface area contributed by atoms with Crippen molar-refractivity contribution in [3.63, 3.8) is 0 Å². The molecule has 1 atom stereocenters. The van der Waals surface area contributed by atoms with Gasteiger partial charge in [0.25, 0.3) is 0 Å². The number of hydrogen-bond donors (Lipinski definition) is 1. The smallest absolute Gasteiger partial charge is 0.224 e. The van der Waals surface area contributed by atoms with Crippen molar-refractivity contribution in [3.8, 4) is 0 Å². The molecular formula is C13H27Cl2N3O2S. The van der Waals surface area contributed by atoms with Crippen molar-refractivity contribution in [2.75, 3.05) is 64.5 Å². The van der Waals surface area contributed by atoms with E-state index in [-0.39, 0.29) is 24.8 Å². The second-order valence-corrected chi connectivity index (χ2v) is 6.30. The Labute approximate surface area is 144 Å². The van der Waals surface area contributed by atoms with E-state index in [2.05, 4.69) is 10.2 Å². The Morgan fingerprint density at radius 1 is 1.29 bits per heavy atom. The molecule has 1 unspecified atom stereocenters. The van der Waals surface area contributed by atoms with E-state index in [1.165, 1.54) is 5.75 Å². The van der Waals surface area contributed by atoms with Gasteiger partial charge in [-0.25, -0.2) is 0 Å². The molecule has 1 N–H and O–H groups in total. The lowest BCUT2D eigenvalue weighted by Gasteiger charge is -2.35. The van der Waals surface area contributed by atoms with Crippen LogP contribution >= 0.6 is 36.6 Å². The highest BCUT2D eigenvalue weighted by Crippen LogP contribution is 2.12. The molecule has 0 radical (unpaired) electrons. The molecule has 0 spiro atoms. The van der Waals surface area contributed by atoms with E-state index in [1.54, 1.807) is 7.11 Å². The molecule has 5 nitrogen and oxygen atoms in total. The molecule has 0 aromatic rings. The highest BCUT2D eigenvalue weighted by molar-refractivity contribution is 7.99. The fraction of sp³-hybridized carbons (Fsp3) is 0.923. The second-order valence-electron chi connectivity index (χ2n) is 5.15. The number of carbonyl (C=O) groups excluding carboxylic acids is 1. The summed E-state index contributed by atoms with van der Waals surface area (Å²) in [6, 6.07) is 0.373. The molecule has 0 aliphatic carbocycles. The molecule has 2 fully saturated rings. The van der Waals surface area contributed by atoms with E-state index in [1.807, 2.05) is 16.7 Å². The van der Waals surface area contributed by atoms with Gasteiger partial charge in [-0.1, -0.05) is 0 Å². The van der Waals surface area contributed by atoms with Crippen LogP contribution in [0.5, 0.6) is 0 Å².